The Kier molecular flexibility index (Phi) is 6.80. The fourth-order valence-corrected chi connectivity index (χ4v) is 4.01. The average Bonchev–Trinajstić information content (AvgIpc) is 2.83. The molecule has 0 unspecified atom stereocenters. The first-order valence-electron chi connectivity index (χ1n) is 10.4. The lowest BCUT2D eigenvalue weighted by atomic mass is 10.00. The third-order valence-electron chi connectivity index (χ3n) is 5.38. The van der Waals surface area contributed by atoms with Crippen molar-refractivity contribution in [2.75, 3.05) is 12.0 Å². The van der Waals surface area contributed by atoms with E-state index >= 15 is 0 Å². The molecule has 1 fully saturated rings. The topological polar surface area (TPSA) is 119 Å². The number of benzene rings is 3. The summed E-state index contributed by atoms with van der Waals surface area (Å²) in [6.45, 7) is 0. The lowest BCUT2D eigenvalue weighted by Gasteiger charge is -2.26. The molecule has 1 saturated heterocycles. The van der Waals surface area contributed by atoms with Crippen molar-refractivity contribution in [3.05, 3.63) is 104 Å². The van der Waals surface area contributed by atoms with Crippen molar-refractivity contribution in [3.8, 4) is 5.75 Å². The molecule has 1 aliphatic heterocycles. The number of carbonyl (C=O) groups is 3. The van der Waals surface area contributed by atoms with Gasteiger partial charge in [-0.25, -0.2) is 14.1 Å². The molecule has 3 aromatic carbocycles. The molecule has 0 radical (unpaired) electrons. The molecule has 0 aliphatic carbocycles. The van der Waals surface area contributed by atoms with Gasteiger partial charge in [-0.1, -0.05) is 29.8 Å². The summed E-state index contributed by atoms with van der Waals surface area (Å²) in [6, 6.07) is 12.9. The minimum absolute atomic E-state index is 0.0776. The first-order valence-corrected chi connectivity index (χ1v) is 10.8. The summed E-state index contributed by atoms with van der Waals surface area (Å²) < 4.78 is 19.0. The van der Waals surface area contributed by atoms with Crippen LogP contribution in [0.3, 0.4) is 0 Å². The highest BCUT2D eigenvalue weighted by atomic mass is 35.5. The number of imide groups is 2. The first kappa shape index (κ1) is 24.6. The number of non-ortho nitro benzene ring substituents is 1. The molecule has 0 aromatic heterocycles. The molecule has 1 aliphatic rings. The number of nitrogens with one attached hydrogen (secondary N) is 1. The van der Waals surface area contributed by atoms with Crippen LogP contribution in [0, 0.1) is 15.9 Å². The third-order valence-corrected chi connectivity index (χ3v) is 5.72. The van der Waals surface area contributed by atoms with Gasteiger partial charge in [-0.05, 0) is 47.5 Å². The predicted octanol–water partition coefficient (Wildman–Crippen LogP) is 4.65. The smallest absolute Gasteiger partial charge is 0.335 e. The summed E-state index contributed by atoms with van der Waals surface area (Å²) in [6.07, 6.45) is 1.50. The number of amides is 4. The van der Waals surface area contributed by atoms with Crippen LogP contribution in [0.2, 0.25) is 5.02 Å². The molecule has 36 heavy (non-hydrogen) atoms. The Labute approximate surface area is 208 Å². The van der Waals surface area contributed by atoms with Crippen LogP contribution >= 0.6 is 11.6 Å². The minimum Gasteiger partial charge on any atom is -0.496 e. The fourth-order valence-electron chi connectivity index (χ4n) is 3.72. The van der Waals surface area contributed by atoms with E-state index in [1.807, 2.05) is 0 Å². The lowest BCUT2D eigenvalue weighted by Crippen LogP contribution is -2.54. The van der Waals surface area contributed by atoms with E-state index in [1.54, 1.807) is 18.2 Å². The van der Waals surface area contributed by atoms with E-state index in [2.05, 4.69) is 5.32 Å². The van der Waals surface area contributed by atoms with E-state index in [4.69, 9.17) is 16.3 Å². The molecule has 1 N–H and O–H groups in total. The molecule has 0 spiro atoms. The molecule has 4 amide bonds. The number of urea groups is 1. The highest BCUT2D eigenvalue weighted by molar-refractivity contribution is 6.39. The van der Waals surface area contributed by atoms with E-state index in [0.717, 1.165) is 6.07 Å². The van der Waals surface area contributed by atoms with E-state index in [-0.39, 0.29) is 22.8 Å². The lowest BCUT2D eigenvalue weighted by molar-refractivity contribution is -0.384. The fraction of sp³-hybridized carbons (Fsp3) is 0.0800. The molecule has 3 aromatic rings. The third kappa shape index (κ3) is 4.93. The molecule has 1 heterocycles. The van der Waals surface area contributed by atoms with Crippen molar-refractivity contribution in [1.29, 1.82) is 0 Å². The van der Waals surface area contributed by atoms with Crippen LogP contribution in [0.15, 0.2) is 66.2 Å². The number of rotatable bonds is 6. The molecule has 11 heteroatoms. The maximum atomic E-state index is 13.6. The number of carbonyl (C=O) groups excluding carboxylic acids is 3. The van der Waals surface area contributed by atoms with E-state index in [1.165, 1.54) is 49.6 Å². The van der Waals surface area contributed by atoms with Crippen LogP contribution in [0.1, 0.15) is 16.7 Å². The van der Waals surface area contributed by atoms with Gasteiger partial charge in [-0.2, -0.15) is 0 Å². The van der Waals surface area contributed by atoms with Crippen LogP contribution in [-0.4, -0.2) is 29.9 Å². The summed E-state index contributed by atoms with van der Waals surface area (Å²) in [4.78, 5) is 49.1. The maximum Gasteiger partial charge on any atom is 0.335 e. The van der Waals surface area contributed by atoms with Gasteiger partial charge < -0.3 is 4.74 Å². The summed E-state index contributed by atoms with van der Waals surface area (Å²) in [7, 11) is 1.42. The number of hydrogen-bond acceptors (Lipinski definition) is 6. The van der Waals surface area contributed by atoms with Crippen molar-refractivity contribution < 1.29 is 28.4 Å². The molecular weight excluding hydrogens is 493 g/mol. The van der Waals surface area contributed by atoms with Crippen LogP contribution in [0.25, 0.3) is 6.08 Å². The Morgan fingerprint density at radius 2 is 1.86 bits per heavy atom. The summed E-state index contributed by atoms with van der Waals surface area (Å²) in [5, 5.41) is 13.4. The average molecular weight is 510 g/mol. The standard InChI is InChI=1S/C25H17ClFN3O6/c1-36-22-12-15(11-21(26)19(22)9-14-4-2-5-16(27)8-14)10-20-23(31)28-25(33)29(24(20)32)17-6-3-7-18(13-17)30(34)35/h2-8,10-13H,9H2,1H3,(H,28,31,33)/b20-10+. The van der Waals surface area contributed by atoms with Gasteiger partial charge in [0.05, 0.1) is 17.7 Å². The highest BCUT2D eigenvalue weighted by Gasteiger charge is 2.37. The second-order valence-corrected chi connectivity index (χ2v) is 8.13. The quantitative estimate of drug-likeness (QED) is 0.223. The Bertz CT molecular complexity index is 1460. The van der Waals surface area contributed by atoms with Crippen LogP contribution in [0.4, 0.5) is 20.6 Å². The summed E-state index contributed by atoms with van der Waals surface area (Å²) >= 11 is 6.47. The van der Waals surface area contributed by atoms with E-state index in [0.29, 0.717) is 27.3 Å². The number of nitro benzene ring substituents is 1. The van der Waals surface area contributed by atoms with Gasteiger partial charge in [0.2, 0.25) is 0 Å². The van der Waals surface area contributed by atoms with Crippen molar-refractivity contribution >= 4 is 46.9 Å². The van der Waals surface area contributed by atoms with E-state index < -0.39 is 34.2 Å². The van der Waals surface area contributed by atoms with Crippen LogP contribution in [0.5, 0.6) is 5.75 Å². The van der Waals surface area contributed by atoms with E-state index in [9.17, 15) is 28.9 Å². The molecule has 4 rings (SSSR count). The number of anilines is 1. The van der Waals surface area contributed by atoms with Gasteiger partial charge >= 0.3 is 6.03 Å². The van der Waals surface area contributed by atoms with Gasteiger partial charge in [0.1, 0.15) is 17.1 Å². The zero-order chi connectivity index (χ0) is 26.0. The second kappa shape index (κ2) is 9.96. The number of ether oxygens (including phenoxy) is 1. The summed E-state index contributed by atoms with van der Waals surface area (Å²) in [5.41, 5.74) is 0.755. The van der Waals surface area contributed by atoms with Crippen molar-refractivity contribution in [2.24, 2.45) is 0 Å². The Balaban J connectivity index is 1.71. The number of methoxy groups -OCH3 is 1. The molecule has 9 nitrogen and oxygen atoms in total. The zero-order valence-electron chi connectivity index (χ0n) is 18.7. The zero-order valence-corrected chi connectivity index (χ0v) is 19.4. The highest BCUT2D eigenvalue weighted by Crippen LogP contribution is 2.33. The minimum atomic E-state index is -1.04. The Morgan fingerprint density at radius 1 is 1.11 bits per heavy atom. The monoisotopic (exact) mass is 509 g/mol. The number of nitrogens with zero attached hydrogens (tertiary/aromatic N) is 2. The number of nitro groups is 1. The Hall–Kier alpha value is -4.57. The SMILES string of the molecule is COc1cc(/C=C2\C(=O)NC(=O)N(c3cccc([N+](=O)[O-])c3)C2=O)cc(Cl)c1Cc1cccc(F)c1. The predicted molar refractivity (Wildman–Crippen MR) is 129 cm³/mol. The van der Waals surface area contributed by atoms with Crippen molar-refractivity contribution in [2.45, 2.75) is 6.42 Å². The van der Waals surface area contributed by atoms with Gasteiger partial charge in [0.25, 0.3) is 17.5 Å². The number of hydrogen-bond donors (Lipinski definition) is 1. The van der Waals surface area contributed by atoms with Gasteiger partial charge in [0, 0.05) is 29.1 Å². The summed E-state index contributed by atoms with van der Waals surface area (Å²) in [5.74, 6) is -1.96. The molecular formula is C25H17ClFN3O6. The number of barbiturate groups is 1. The van der Waals surface area contributed by atoms with Crippen molar-refractivity contribution in [3.63, 3.8) is 0 Å². The molecule has 0 atom stereocenters. The second-order valence-electron chi connectivity index (χ2n) is 7.73. The molecule has 0 saturated carbocycles. The Morgan fingerprint density at radius 3 is 2.56 bits per heavy atom. The molecule has 0 bridgehead atoms. The van der Waals surface area contributed by atoms with Crippen molar-refractivity contribution in [1.82, 2.24) is 5.32 Å². The largest absolute Gasteiger partial charge is 0.496 e. The van der Waals surface area contributed by atoms with Gasteiger partial charge in [-0.15, -0.1) is 0 Å². The van der Waals surface area contributed by atoms with Crippen LogP contribution < -0.4 is 15.0 Å². The normalized spacial score (nSPS) is 14.7. The molecule has 182 valence electrons. The number of halogens is 2. The first-order chi connectivity index (χ1) is 17.2. The maximum absolute atomic E-state index is 13.6. The van der Waals surface area contributed by atoms with Gasteiger partial charge in [-0.3, -0.25) is 25.0 Å². The van der Waals surface area contributed by atoms with Crippen LogP contribution in [-0.2, 0) is 16.0 Å². The van der Waals surface area contributed by atoms with Gasteiger partial charge in [0.15, 0.2) is 0 Å².